The molecule has 2 aromatic heterocycles. The molecule has 0 bridgehead atoms. The second-order valence-corrected chi connectivity index (χ2v) is 10.8. The van der Waals surface area contributed by atoms with Gasteiger partial charge in [0.15, 0.2) is 5.41 Å². The number of aromatic nitrogens is 2. The molecule has 0 saturated carbocycles. The van der Waals surface area contributed by atoms with Crippen LogP contribution in [0.4, 0.5) is 17.6 Å². The van der Waals surface area contributed by atoms with E-state index in [1.165, 1.54) is 25.1 Å². The predicted molar refractivity (Wildman–Crippen MR) is 151 cm³/mol. The number of primary amides is 1. The van der Waals surface area contributed by atoms with Crippen molar-refractivity contribution < 1.29 is 41.8 Å². The minimum atomic E-state index is -5.29. The topological polar surface area (TPSA) is 144 Å². The number of alkyl halides is 3. The Morgan fingerprint density at radius 2 is 1.86 bits per heavy atom. The first kappa shape index (κ1) is 30.4. The fraction of sp³-hybridized carbons (Fsp3) is 0.258. The number of nitrogens with one attached hydrogen (secondary N) is 1. The molecular formula is C31H26F4N4O5. The summed E-state index contributed by atoms with van der Waals surface area (Å²) in [7, 11) is 0. The van der Waals surface area contributed by atoms with Crippen LogP contribution >= 0.6 is 0 Å². The van der Waals surface area contributed by atoms with Crippen molar-refractivity contribution in [2.45, 2.75) is 37.3 Å². The number of rotatable bonds is 8. The molecule has 0 unspecified atom stereocenters. The molecule has 5 rings (SSSR count). The number of ether oxygens (including phenoxy) is 1. The van der Waals surface area contributed by atoms with Crippen LogP contribution in [0.1, 0.15) is 41.0 Å². The maximum atomic E-state index is 14.9. The number of hydrogen-bond donors (Lipinski definition) is 3. The van der Waals surface area contributed by atoms with Crippen LogP contribution in [0, 0.1) is 5.82 Å². The van der Waals surface area contributed by atoms with E-state index in [0.29, 0.717) is 11.8 Å². The van der Waals surface area contributed by atoms with Crippen LogP contribution in [0.5, 0.6) is 11.5 Å². The average molecular weight is 611 g/mol. The molecule has 4 aromatic rings. The van der Waals surface area contributed by atoms with E-state index in [-0.39, 0.29) is 52.3 Å². The van der Waals surface area contributed by atoms with Crippen molar-refractivity contribution in [3.63, 3.8) is 0 Å². The molecule has 228 valence electrons. The molecule has 13 heteroatoms. The Morgan fingerprint density at radius 3 is 2.48 bits per heavy atom. The van der Waals surface area contributed by atoms with Gasteiger partial charge in [-0.15, -0.1) is 0 Å². The summed E-state index contributed by atoms with van der Waals surface area (Å²) in [6.45, 7) is 1.66. The zero-order chi connectivity index (χ0) is 32.0. The summed E-state index contributed by atoms with van der Waals surface area (Å²) < 4.78 is 64.1. The number of hydrogen-bond acceptors (Lipinski definition) is 7. The molecular weight excluding hydrogens is 584 g/mol. The zero-order valence-corrected chi connectivity index (χ0v) is 23.5. The monoisotopic (exact) mass is 610 g/mol. The van der Waals surface area contributed by atoms with Gasteiger partial charge in [-0.1, -0.05) is 6.92 Å². The Hall–Kier alpha value is -5.07. The standard InChI is InChI=1S/C31H26F4N4O5/c1-3-16-8-18-9-19(10-22(41)24(18)37-12-16)27(42)38-13-30(14-40,31(33,34)35)23-11-21-26(44-15-29(21,2)28(36)43)25(39-23)17-4-6-20(32)7-5-17/h4-12,14,41H,3,13,15H2,1-2H3,(H2,36,43)(H,38,42)/t29-,30-/m0/s1. The quantitative estimate of drug-likeness (QED) is 0.200. The Labute approximate surface area is 248 Å². The maximum absolute atomic E-state index is 14.9. The molecule has 4 N–H and O–H groups in total. The summed E-state index contributed by atoms with van der Waals surface area (Å²) in [5.41, 5.74) is 0.540. The Kier molecular flexibility index (Phi) is 7.52. The van der Waals surface area contributed by atoms with E-state index < -0.39 is 46.9 Å². The third-order valence-corrected chi connectivity index (χ3v) is 7.92. The normalized spacial score (nSPS) is 17.4. The number of amides is 2. The fourth-order valence-electron chi connectivity index (χ4n) is 5.05. The molecule has 0 aliphatic carbocycles. The number of aldehydes is 1. The van der Waals surface area contributed by atoms with Gasteiger partial charge in [-0.3, -0.25) is 14.6 Å². The summed E-state index contributed by atoms with van der Waals surface area (Å²) in [6, 6.07) is 9.68. The zero-order valence-electron chi connectivity index (χ0n) is 23.5. The highest BCUT2D eigenvalue weighted by Crippen LogP contribution is 2.48. The van der Waals surface area contributed by atoms with E-state index in [9.17, 15) is 37.1 Å². The molecule has 1 aliphatic heterocycles. The number of carbonyl (C=O) groups excluding carboxylic acids is 3. The first-order chi connectivity index (χ1) is 20.7. The van der Waals surface area contributed by atoms with E-state index >= 15 is 0 Å². The molecule has 3 heterocycles. The number of phenols is 1. The van der Waals surface area contributed by atoms with Crippen LogP contribution in [-0.2, 0) is 26.8 Å². The van der Waals surface area contributed by atoms with Crippen LogP contribution < -0.4 is 15.8 Å². The number of nitrogens with two attached hydrogens (primary N) is 1. The molecule has 2 aromatic carbocycles. The molecule has 1 aliphatic rings. The van der Waals surface area contributed by atoms with E-state index in [2.05, 4.69) is 15.3 Å². The Balaban J connectivity index is 1.62. The van der Waals surface area contributed by atoms with Gasteiger partial charge in [-0.05, 0) is 67.4 Å². The highest BCUT2D eigenvalue weighted by Gasteiger charge is 2.59. The second kappa shape index (κ2) is 10.9. The van der Waals surface area contributed by atoms with Crippen molar-refractivity contribution in [3.8, 4) is 22.8 Å². The van der Waals surface area contributed by atoms with Crippen LogP contribution in [-0.4, -0.2) is 52.5 Å². The van der Waals surface area contributed by atoms with Crippen LogP contribution in [0.25, 0.3) is 22.2 Å². The molecule has 2 amide bonds. The van der Waals surface area contributed by atoms with Crippen molar-refractivity contribution in [1.29, 1.82) is 0 Å². The van der Waals surface area contributed by atoms with Gasteiger partial charge in [-0.25, -0.2) is 9.37 Å². The van der Waals surface area contributed by atoms with Crippen molar-refractivity contribution in [3.05, 3.63) is 82.9 Å². The Bertz CT molecular complexity index is 1810. The summed E-state index contributed by atoms with van der Waals surface area (Å²) in [5, 5.41) is 13.0. The lowest BCUT2D eigenvalue weighted by atomic mass is 9.78. The minimum Gasteiger partial charge on any atom is -0.506 e. The highest BCUT2D eigenvalue weighted by atomic mass is 19.4. The third kappa shape index (κ3) is 4.97. The van der Waals surface area contributed by atoms with E-state index in [1.54, 1.807) is 12.3 Å². The lowest BCUT2D eigenvalue weighted by molar-refractivity contribution is -0.186. The van der Waals surface area contributed by atoms with Gasteiger partial charge >= 0.3 is 6.18 Å². The molecule has 0 radical (unpaired) electrons. The van der Waals surface area contributed by atoms with Crippen molar-refractivity contribution in [2.75, 3.05) is 13.2 Å². The number of nitrogens with zero attached hydrogens (tertiary/aromatic N) is 2. The van der Waals surface area contributed by atoms with Gasteiger partial charge < -0.3 is 25.7 Å². The average Bonchev–Trinajstić information content (AvgIpc) is 3.34. The molecule has 0 spiro atoms. The van der Waals surface area contributed by atoms with Crippen molar-refractivity contribution >= 4 is 29.0 Å². The van der Waals surface area contributed by atoms with Crippen LogP contribution in [0.2, 0.25) is 0 Å². The first-order valence-corrected chi connectivity index (χ1v) is 13.4. The largest absolute Gasteiger partial charge is 0.506 e. The predicted octanol–water partition coefficient (Wildman–Crippen LogP) is 4.27. The Morgan fingerprint density at radius 1 is 1.16 bits per heavy atom. The number of benzene rings is 2. The maximum Gasteiger partial charge on any atom is 0.408 e. The number of phenolic OH excluding ortho intramolecular Hbond substituents is 1. The molecule has 9 nitrogen and oxygen atoms in total. The summed E-state index contributed by atoms with van der Waals surface area (Å²) in [4.78, 5) is 46.4. The molecule has 0 fully saturated rings. The van der Waals surface area contributed by atoms with Crippen molar-refractivity contribution in [1.82, 2.24) is 15.3 Å². The molecule has 2 atom stereocenters. The number of pyridine rings is 2. The van der Waals surface area contributed by atoms with Gasteiger partial charge in [0, 0.05) is 34.8 Å². The second-order valence-electron chi connectivity index (χ2n) is 10.8. The number of aromatic hydroxyl groups is 1. The third-order valence-electron chi connectivity index (χ3n) is 7.92. The number of halogens is 4. The smallest absolute Gasteiger partial charge is 0.408 e. The number of fused-ring (bicyclic) bond motifs is 2. The van der Waals surface area contributed by atoms with Crippen molar-refractivity contribution in [2.24, 2.45) is 5.73 Å². The van der Waals surface area contributed by atoms with E-state index in [4.69, 9.17) is 10.5 Å². The van der Waals surface area contributed by atoms with Gasteiger partial charge in [0.1, 0.15) is 46.8 Å². The molecule has 44 heavy (non-hydrogen) atoms. The van der Waals surface area contributed by atoms with Gasteiger partial charge in [0.05, 0.1) is 5.69 Å². The van der Waals surface area contributed by atoms with E-state index in [0.717, 1.165) is 29.8 Å². The van der Waals surface area contributed by atoms with Gasteiger partial charge in [-0.2, -0.15) is 13.2 Å². The first-order valence-electron chi connectivity index (χ1n) is 13.4. The molecule has 0 saturated heterocycles. The summed E-state index contributed by atoms with van der Waals surface area (Å²) in [5.74, 6) is -2.93. The van der Waals surface area contributed by atoms with Gasteiger partial charge in [0.2, 0.25) is 5.91 Å². The van der Waals surface area contributed by atoms with Crippen LogP contribution in [0.15, 0.2) is 54.7 Å². The summed E-state index contributed by atoms with van der Waals surface area (Å²) in [6.07, 6.45) is -3.50. The van der Waals surface area contributed by atoms with Crippen LogP contribution in [0.3, 0.4) is 0 Å². The van der Waals surface area contributed by atoms with E-state index in [1.807, 2.05) is 6.92 Å². The summed E-state index contributed by atoms with van der Waals surface area (Å²) >= 11 is 0. The highest BCUT2D eigenvalue weighted by molar-refractivity contribution is 6.00. The minimum absolute atomic E-state index is 0.0423. The number of aryl methyl sites for hydroxylation is 1. The lowest BCUT2D eigenvalue weighted by Crippen LogP contribution is -2.53. The SMILES string of the molecule is CCc1cnc2c(O)cc(C(=O)NC[C@](C=O)(c3cc4c(c(-c5ccc(F)cc5)n3)OC[C@]4(C)C(N)=O)C(F)(F)F)cc2c1. The fourth-order valence-corrected chi connectivity index (χ4v) is 5.05. The number of carbonyl (C=O) groups is 3. The van der Waals surface area contributed by atoms with Gasteiger partial charge in [0.25, 0.3) is 5.91 Å². The lowest BCUT2D eigenvalue weighted by Gasteiger charge is -2.31.